The van der Waals surface area contributed by atoms with Crippen molar-refractivity contribution in [2.45, 2.75) is 19.3 Å². The van der Waals surface area contributed by atoms with Crippen LogP contribution in [0, 0.1) is 5.92 Å². The number of rotatable bonds is 4. The SMILES string of the molecule is COC(=O)C1CCN(C(=O)Cc2csc(-c3ccsc3)n2)CC1. The zero-order valence-corrected chi connectivity index (χ0v) is 14.5. The van der Waals surface area contributed by atoms with E-state index in [0.29, 0.717) is 32.4 Å². The Balaban J connectivity index is 1.55. The highest BCUT2D eigenvalue weighted by molar-refractivity contribution is 7.14. The maximum Gasteiger partial charge on any atom is 0.308 e. The zero-order valence-electron chi connectivity index (χ0n) is 12.9. The Morgan fingerprint density at radius 1 is 1.35 bits per heavy atom. The van der Waals surface area contributed by atoms with Gasteiger partial charge in [0.15, 0.2) is 0 Å². The number of hydrogen-bond donors (Lipinski definition) is 0. The number of amides is 1. The Labute approximate surface area is 142 Å². The molecule has 0 atom stereocenters. The summed E-state index contributed by atoms with van der Waals surface area (Å²) in [5.74, 6) is -0.166. The van der Waals surface area contributed by atoms with Crippen LogP contribution in [0.3, 0.4) is 0 Å². The van der Waals surface area contributed by atoms with Gasteiger partial charge in [-0.15, -0.1) is 11.3 Å². The van der Waals surface area contributed by atoms with E-state index in [-0.39, 0.29) is 17.8 Å². The van der Waals surface area contributed by atoms with Crippen molar-refractivity contribution < 1.29 is 14.3 Å². The molecule has 0 aromatic carbocycles. The molecule has 3 heterocycles. The molecule has 1 amide bonds. The number of aromatic nitrogens is 1. The Hall–Kier alpha value is -1.73. The predicted octanol–water partition coefficient (Wildman–Crippen LogP) is 2.83. The highest BCUT2D eigenvalue weighted by Gasteiger charge is 2.28. The van der Waals surface area contributed by atoms with Crippen LogP contribution < -0.4 is 0 Å². The maximum absolute atomic E-state index is 12.4. The first kappa shape index (κ1) is 16.1. The minimum absolute atomic E-state index is 0.0754. The normalized spacial score (nSPS) is 15.6. The Morgan fingerprint density at radius 3 is 2.78 bits per heavy atom. The summed E-state index contributed by atoms with van der Waals surface area (Å²) < 4.78 is 4.77. The second kappa shape index (κ2) is 7.23. The molecule has 7 heteroatoms. The van der Waals surface area contributed by atoms with Crippen LogP contribution >= 0.6 is 22.7 Å². The lowest BCUT2D eigenvalue weighted by molar-refractivity contribution is -0.148. The van der Waals surface area contributed by atoms with Crippen LogP contribution in [0.2, 0.25) is 0 Å². The molecule has 2 aromatic rings. The van der Waals surface area contributed by atoms with Crippen LogP contribution in [0.1, 0.15) is 18.5 Å². The monoisotopic (exact) mass is 350 g/mol. The third kappa shape index (κ3) is 3.79. The number of hydrogen-bond acceptors (Lipinski definition) is 6. The van der Waals surface area contributed by atoms with E-state index >= 15 is 0 Å². The van der Waals surface area contributed by atoms with E-state index in [0.717, 1.165) is 16.3 Å². The van der Waals surface area contributed by atoms with Gasteiger partial charge in [-0.2, -0.15) is 11.3 Å². The number of carbonyl (C=O) groups is 2. The Kier molecular flexibility index (Phi) is 5.07. The highest BCUT2D eigenvalue weighted by Crippen LogP contribution is 2.26. The molecule has 122 valence electrons. The lowest BCUT2D eigenvalue weighted by atomic mass is 9.97. The second-order valence-corrected chi connectivity index (χ2v) is 7.15. The van der Waals surface area contributed by atoms with E-state index in [1.165, 1.54) is 7.11 Å². The fourth-order valence-electron chi connectivity index (χ4n) is 2.70. The average molecular weight is 350 g/mol. The van der Waals surface area contributed by atoms with Gasteiger partial charge in [-0.25, -0.2) is 4.98 Å². The number of carbonyl (C=O) groups excluding carboxylic acids is 2. The molecule has 1 aliphatic rings. The smallest absolute Gasteiger partial charge is 0.308 e. The zero-order chi connectivity index (χ0) is 16.2. The van der Waals surface area contributed by atoms with Gasteiger partial charge in [-0.1, -0.05) is 0 Å². The second-order valence-electron chi connectivity index (χ2n) is 5.51. The quantitative estimate of drug-likeness (QED) is 0.796. The number of thiazole rings is 1. The van der Waals surface area contributed by atoms with Gasteiger partial charge in [-0.05, 0) is 24.3 Å². The number of nitrogens with zero attached hydrogens (tertiary/aromatic N) is 2. The van der Waals surface area contributed by atoms with Crippen LogP contribution in [0.4, 0.5) is 0 Å². The van der Waals surface area contributed by atoms with Crippen LogP contribution in [-0.4, -0.2) is 42.0 Å². The van der Waals surface area contributed by atoms with Crippen molar-refractivity contribution in [1.82, 2.24) is 9.88 Å². The van der Waals surface area contributed by atoms with E-state index in [1.807, 2.05) is 21.7 Å². The number of methoxy groups -OCH3 is 1. The number of thiophene rings is 1. The molecule has 0 bridgehead atoms. The lowest BCUT2D eigenvalue weighted by Gasteiger charge is -2.30. The number of esters is 1. The molecule has 0 radical (unpaired) electrons. The van der Waals surface area contributed by atoms with Gasteiger partial charge in [0.1, 0.15) is 5.01 Å². The number of piperidine rings is 1. The molecule has 0 saturated carbocycles. The van der Waals surface area contributed by atoms with E-state index < -0.39 is 0 Å². The fourth-order valence-corrected chi connectivity index (χ4v) is 4.24. The fraction of sp³-hybridized carbons (Fsp3) is 0.438. The molecular weight excluding hydrogens is 332 g/mol. The van der Waals surface area contributed by atoms with Gasteiger partial charge in [0.05, 0.1) is 25.1 Å². The maximum atomic E-state index is 12.4. The summed E-state index contributed by atoms with van der Waals surface area (Å²) in [6.45, 7) is 1.22. The molecule has 1 saturated heterocycles. The molecule has 0 aliphatic carbocycles. The first-order valence-corrected chi connectivity index (χ1v) is 9.32. The molecular formula is C16H18N2O3S2. The van der Waals surface area contributed by atoms with Crippen LogP contribution in [-0.2, 0) is 20.7 Å². The van der Waals surface area contributed by atoms with Crippen molar-refractivity contribution in [2.24, 2.45) is 5.92 Å². The van der Waals surface area contributed by atoms with Crippen LogP contribution in [0.5, 0.6) is 0 Å². The van der Waals surface area contributed by atoms with Crippen LogP contribution in [0.25, 0.3) is 10.6 Å². The molecule has 0 N–H and O–H groups in total. The third-order valence-corrected chi connectivity index (χ3v) is 5.66. The number of ether oxygens (including phenoxy) is 1. The predicted molar refractivity (Wildman–Crippen MR) is 90.5 cm³/mol. The molecule has 5 nitrogen and oxygen atoms in total. The first-order valence-electron chi connectivity index (χ1n) is 7.50. The molecule has 23 heavy (non-hydrogen) atoms. The van der Waals surface area contributed by atoms with Gasteiger partial charge in [0, 0.05) is 29.4 Å². The molecule has 1 aliphatic heterocycles. The third-order valence-electron chi connectivity index (χ3n) is 4.03. The van der Waals surface area contributed by atoms with Crippen molar-refractivity contribution in [3.63, 3.8) is 0 Å². The average Bonchev–Trinajstić information content (AvgIpc) is 3.25. The summed E-state index contributed by atoms with van der Waals surface area (Å²) in [6.07, 6.45) is 1.68. The Morgan fingerprint density at radius 2 is 2.13 bits per heavy atom. The largest absolute Gasteiger partial charge is 0.469 e. The molecule has 0 spiro atoms. The van der Waals surface area contributed by atoms with Crippen molar-refractivity contribution in [3.05, 3.63) is 27.9 Å². The van der Waals surface area contributed by atoms with Crippen LogP contribution in [0.15, 0.2) is 22.2 Å². The summed E-state index contributed by atoms with van der Waals surface area (Å²) in [5, 5.41) is 6.99. The van der Waals surface area contributed by atoms with Gasteiger partial charge >= 0.3 is 5.97 Å². The van der Waals surface area contributed by atoms with Gasteiger partial charge in [0.2, 0.25) is 5.91 Å². The van der Waals surface area contributed by atoms with E-state index in [1.54, 1.807) is 22.7 Å². The van der Waals surface area contributed by atoms with Crippen molar-refractivity contribution in [2.75, 3.05) is 20.2 Å². The minimum Gasteiger partial charge on any atom is -0.469 e. The van der Waals surface area contributed by atoms with Gasteiger partial charge in [-0.3, -0.25) is 9.59 Å². The first-order chi connectivity index (χ1) is 11.2. The summed E-state index contributed by atoms with van der Waals surface area (Å²) in [7, 11) is 1.41. The molecule has 1 fully saturated rings. The minimum atomic E-state index is -0.169. The van der Waals surface area contributed by atoms with E-state index in [9.17, 15) is 9.59 Å². The van der Waals surface area contributed by atoms with Crippen molar-refractivity contribution >= 4 is 34.6 Å². The highest BCUT2D eigenvalue weighted by atomic mass is 32.1. The summed E-state index contributed by atoms with van der Waals surface area (Å²) in [6, 6.07) is 2.03. The molecule has 0 unspecified atom stereocenters. The van der Waals surface area contributed by atoms with Crippen molar-refractivity contribution in [1.29, 1.82) is 0 Å². The van der Waals surface area contributed by atoms with E-state index in [2.05, 4.69) is 10.4 Å². The summed E-state index contributed by atoms with van der Waals surface area (Å²) in [4.78, 5) is 30.3. The van der Waals surface area contributed by atoms with Gasteiger partial charge in [0.25, 0.3) is 0 Å². The number of likely N-dealkylation sites (tertiary alicyclic amines) is 1. The summed E-state index contributed by atoms with van der Waals surface area (Å²) in [5.41, 5.74) is 1.92. The molecule has 3 rings (SSSR count). The lowest BCUT2D eigenvalue weighted by Crippen LogP contribution is -2.41. The topological polar surface area (TPSA) is 59.5 Å². The standard InChI is InChI=1S/C16H18N2O3S2/c1-21-16(20)11-2-5-18(6-3-11)14(19)8-13-10-23-15(17-13)12-4-7-22-9-12/h4,7,9-11H,2-3,5-6,8H2,1H3. The van der Waals surface area contributed by atoms with E-state index in [4.69, 9.17) is 4.74 Å². The summed E-state index contributed by atoms with van der Waals surface area (Å²) >= 11 is 3.21. The Bertz CT molecular complexity index is 673. The molecule has 2 aromatic heterocycles. The van der Waals surface area contributed by atoms with Gasteiger partial charge < -0.3 is 9.64 Å². The van der Waals surface area contributed by atoms with Crippen molar-refractivity contribution in [3.8, 4) is 10.6 Å².